The fraction of sp³-hybridized carbons (Fsp3) is 0.130. The van der Waals surface area contributed by atoms with Gasteiger partial charge in [0.05, 0.1) is 21.2 Å². The average Bonchev–Trinajstić information content (AvgIpc) is 3.51. The number of hydrogen-bond acceptors (Lipinski definition) is 5. The number of H-pyrrole nitrogens is 1. The second kappa shape index (κ2) is 8.25. The molecule has 1 amide bonds. The number of sulfonamides is 1. The minimum absolute atomic E-state index is 0.0863. The third-order valence-corrected chi connectivity index (χ3v) is 8.07. The number of aromatic nitrogens is 2. The standard InChI is InChI=1S/C23H20N4O3S2/c28-23(24-22-15-19(25-26-22)21-11-5-13-31-21)17-7-3-9-18(14-17)32(29,30)27-12-4-8-16-6-1-2-10-20(16)27/h1-3,5-7,9-11,13-15H,4,8,12H2,(H2,24,25,26,28). The maximum absolute atomic E-state index is 13.4. The van der Waals surface area contributed by atoms with Gasteiger partial charge in [0, 0.05) is 18.2 Å². The molecule has 2 N–H and O–H groups in total. The number of aromatic amines is 1. The summed E-state index contributed by atoms with van der Waals surface area (Å²) < 4.78 is 28.2. The Hall–Kier alpha value is -3.43. The maximum atomic E-state index is 13.4. The van der Waals surface area contributed by atoms with Gasteiger partial charge in [-0.15, -0.1) is 11.3 Å². The first-order chi connectivity index (χ1) is 15.5. The molecule has 0 fully saturated rings. The third kappa shape index (κ3) is 3.80. The number of thiophene rings is 1. The number of amides is 1. The van der Waals surface area contributed by atoms with Gasteiger partial charge in [0.1, 0.15) is 0 Å². The summed E-state index contributed by atoms with van der Waals surface area (Å²) in [6.45, 7) is 0.411. The van der Waals surface area contributed by atoms with E-state index in [9.17, 15) is 13.2 Å². The van der Waals surface area contributed by atoms with Crippen LogP contribution in [0.2, 0.25) is 0 Å². The summed E-state index contributed by atoms with van der Waals surface area (Å²) in [5.74, 6) is -0.0538. The van der Waals surface area contributed by atoms with E-state index in [1.165, 1.54) is 16.4 Å². The second-order valence-corrected chi connectivity index (χ2v) is 10.2. The number of hydrogen-bond donors (Lipinski definition) is 2. The highest BCUT2D eigenvalue weighted by Crippen LogP contribution is 2.32. The van der Waals surface area contributed by atoms with Gasteiger partial charge < -0.3 is 5.32 Å². The lowest BCUT2D eigenvalue weighted by atomic mass is 10.0. The van der Waals surface area contributed by atoms with Crippen molar-refractivity contribution in [1.82, 2.24) is 10.2 Å². The van der Waals surface area contributed by atoms with Gasteiger partial charge in [0.25, 0.3) is 15.9 Å². The van der Waals surface area contributed by atoms with Crippen LogP contribution in [0.15, 0.2) is 77.0 Å². The van der Waals surface area contributed by atoms with Gasteiger partial charge >= 0.3 is 0 Å². The molecule has 0 atom stereocenters. The molecular weight excluding hydrogens is 444 g/mol. The summed E-state index contributed by atoms with van der Waals surface area (Å²) in [6, 6.07) is 19.3. The van der Waals surface area contributed by atoms with Crippen molar-refractivity contribution in [3.8, 4) is 10.6 Å². The number of carbonyl (C=O) groups is 1. The van der Waals surface area contributed by atoms with Crippen molar-refractivity contribution in [3.05, 3.63) is 83.2 Å². The van der Waals surface area contributed by atoms with E-state index in [-0.39, 0.29) is 10.5 Å². The van der Waals surface area contributed by atoms with Crippen LogP contribution in [0.3, 0.4) is 0 Å². The summed E-state index contributed by atoms with van der Waals surface area (Å²) in [5.41, 5.74) is 2.76. The lowest BCUT2D eigenvalue weighted by Crippen LogP contribution is -2.35. The van der Waals surface area contributed by atoms with E-state index < -0.39 is 15.9 Å². The van der Waals surface area contributed by atoms with Crippen molar-refractivity contribution in [2.45, 2.75) is 17.7 Å². The topological polar surface area (TPSA) is 95.2 Å². The summed E-state index contributed by atoms with van der Waals surface area (Å²) in [7, 11) is -3.80. The monoisotopic (exact) mass is 464 g/mol. The molecule has 2 aromatic heterocycles. The van der Waals surface area contributed by atoms with E-state index in [0.29, 0.717) is 18.1 Å². The van der Waals surface area contributed by atoms with Crippen LogP contribution in [0.5, 0.6) is 0 Å². The summed E-state index contributed by atoms with van der Waals surface area (Å²) in [4.78, 5) is 13.9. The van der Waals surface area contributed by atoms with E-state index in [1.54, 1.807) is 29.5 Å². The van der Waals surface area contributed by atoms with E-state index in [0.717, 1.165) is 29.0 Å². The van der Waals surface area contributed by atoms with Gasteiger partial charge in [-0.05, 0) is 54.1 Å². The van der Waals surface area contributed by atoms with Crippen molar-refractivity contribution in [1.29, 1.82) is 0 Å². The van der Waals surface area contributed by atoms with Crippen LogP contribution in [0.1, 0.15) is 22.3 Å². The zero-order chi connectivity index (χ0) is 22.1. The predicted molar refractivity (Wildman–Crippen MR) is 126 cm³/mol. The molecule has 0 bridgehead atoms. The second-order valence-electron chi connectivity index (χ2n) is 7.44. The number of carbonyl (C=O) groups excluding carboxylic acids is 1. The number of para-hydroxylation sites is 1. The van der Waals surface area contributed by atoms with Gasteiger partial charge in [-0.3, -0.25) is 14.2 Å². The number of benzene rings is 2. The van der Waals surface area contributed by atoms with Gasteiger partial charge in [0.2, 0.25) is 0 Å². The highest BCUT2D eigenvalue weighted by molar-refractivity contribution is 7.92. The van der Waals surface area contributed by atoms with Crippen LogP contribution in [0.25, 0.3) is 10.6 Å². The van der Waals surface area contributed by atoms with Gasteiger partial charge in [-0.25, -0.2) is 8.42 Å². The molecule has 4 aromatic rings. The molecule has 1 aliphatic rings. The normalized spacial score (nSPS) is 13.6. The molecule has 3 heterocycles. The Bertz CT molecular complexity index is 1380. The van der Waals surface area contributed by atoms with Gasteiger partial charge in [-0.1, -0.05) is 30.3 Å². The van der Waals surface area contributed by atoms with Gasteiger partial charge in [-0.2, -0.15) is 5.10 Å². The molecule has 32 heavy (non-hydrogen) atoms. The molecule has 7 nitrogen and oxygen atoms in total. The van der Waals surface area contributed by atoms with Crippen LogP contribution in [0.4, 0.5) is 11.5 Å². The van der Waals surface area contributed by atoms with E-state index in [2.05, 4.69) is 15.5 Å². The first kappa shape index (κ1) is 20.5. The number of rotatable bonds is 5. The molecule has 0 saturated carbocycles. The highest BCUT2D eigenvalue weighted by Gasteiger charge is 2.29. The Kier molecular flexibility index (Phi) is 5.28. The van der Waals surface area contributed by atoms with E-state index in [4.69, 9.17) is 0 Å². The lowest BCUT2D eigenvalue weighted by molar-refractivity contribution is 0.102. The number of anilines is 2. The third-order valence-electron chi connectivity index (χ3n) is 5.36. The van der Waals surface area contributed by atoms with Crippen LogP contribution in [-0.2, 0) is 16.4 Å². The Balaban J connectivity index is 1.39. The fourth-order valence-corrected chi connectivity index (χ4v) is 6.09. The molecular formula is C23H20N4O3S2. The Morgan fingerprint density at radius 2 is 1.94 bits per heavy atom. The van der Waals surface area contributed by atoms with Crippen LogP contribution in [0, 0.1) is 0 Å². The molecule has 1 aliphatic heterocycles. The summed E-state index contributed by atoms with van der Waals surface area (Å²) in [6.07, 6.45) is 1.60. The molecule has 0 saturated heterocycles. The maximum Gasteiger partial charge on any atom is 0.264 e. The fourth-order valence-electron chi connectivity index (χ4n) is 3.81. The number of aryl methyl sites for hydroxylation is 1. The van der Waals surface area contributed by atoms with Crippen molar-refractivity contribution < 1.29 is 13.2 Å². The Morgan fingerprint density at radius 3 is 2.78 bits per heavy atom. The number of nitrogens with one attached hydrogen (secondary N) is 2. The quantitative estimate of drug-likeness (QED) is 0.454. The molecule has 0 radical (unpaired) electrons. The van der Waals surface area contributed by atoms with Crippen molar-refractivity contribution in [2.75, 3.05) is 16.2 Å². The highest BCUT2D eigenvalue weighted by atomic mass is 32.2. The van der Waals surface area contributed by atoms with Crippen molar-refractivity contribution >= 4 is 38.8 Å². The number of nitrogens with zero attached hydrogens (tertiary/aromatic N) is 2. The molecule has 162 valence electrons. The number of fused-ring (bicyclic) bond motifs is 1. The first-order valence-electron chi connectivity index (χ1n) is 10.1. The smallest absolute Gasteiger partial charge is 0.264 e. The summed E-state index contributed by atoms with van der Waals surface area (Å²) in [5, 5.41) is 11.7. The first-order valence-corrected chi connectivity index (χ1v) is 12.5. The zero-order valence-corrected chi connectivity index (χ0v) is 18.6. The Labute approximate surface area is 189 Å². The SMILES string of the molecule is O=C(Nc1cc(-c2cccs2)[nH]n1)c1cccc(S(=O)(=O)N2CCCc3ccccc32)c1. The molecule has 0 aliphatic carbocycles. The van der Waals surface area contributed by atoms with Gasteiger partial charge in [0.15, 0.2) is 5.82 Å². The van der Waals surface area contributed by atoms with Crippen molar-refractivity contribution in [3.63, 3.8) is 0 Å². The molecule has 9 heteroatoms. The lowest BCUT2D eigenvalue weighted by Gasteiger charge is -2.30. The average molecular weight is 465 g/mol. The van der Waals surface area contributed by atoms with Crippen molar-refractivity contribution in [2.24, 2.45) is 0 Å². The Morgan fingerprint density at radius 1 is 1.06 bits per heavy atom. The van der Waals surface area contributed by atoms with Crippen LogP contribution >= 0.6 is 11.3 Å². The van der Waals surface area contributed by atoms with E-state index in [1.807, 2.05) is 41.8 Å². The molecule has 0 spiro atoms. The molecule has 0 unspecified atom stereocenters. The predicted octanol–water partition coefficient (Wildman–Crippen LogP) is 4.53. The van der Waals surface area contributed by atoms with E-state index >= 15 is 0 Å². The summed E-state index contributed by atoms with van der Waals surface area (Å²) >= 11 is 1.56. The molecule has 2 aromatic carbocycles. The minimum Gasteiger partial charge on any atom is -0.305 e. The van der Waals surface area contributed by atoms with Crippen LogP contribution < -0.4 is 9.62 Å². The zero-order valence-electron chi connectivity index (χ0n) is 17.0. The largest absolute Gasteiger partial charge is 0.305 e. The molecule has 5 rings (SSSR count). The van der Waals surface area contributed by atoms with Crippen LogP contribution in [-0.4, -0.2) is 31.1 Å². The minimum atomic E-state index is -3.80.